The Morgan fingerprint density at radius 3 is 2.23 bits per heavy atom. The zero-order valence-electron chi connectivity index (χ0n) is 30.1. The van der Waals surface area contributed by atoms with Crippen LogP contribution in [0.15, 0.2) is 115 Å². The van der Waals surface area contributed by atoms with E-state index in [-0.39, 0.29) is 37.3 Å². The molecule has 8 rings (SSSR count). The topological polar surface area (TPSA) is 111 Å². The Kier molecular flexibility index (Phi) is 8.81. The fourth-order valence-corrected chi connectivity index (χ4v) is 11.6. The molecule has 3 heterocycles. The second kappa shape index (κ2) is 13.4. The van der Waals surface area contributed by atoms with E-state index in [9.17, 15) is 19.5 Å². The van der Waals surface area contributed by atoms with Gasteiger partial charge in [-0.05, 0) is 59.9 Å². The van der Waals surface area contributed by atoms with Crippen molar-refractivity contribution in [3.8, 4) is 0 Å². The number of carbonyl (C=O) groups is 3. The first-order valence-electron chi connectivity index (χ1n) is 18.2. The molecule has 1 spiro atoms. The maximum Gasteiger partial charge on any atom is 0.264 e. The first-order chi connectivity index (χ1) is 25.5. The molecule has 270 valence electrons. The molecule has 53 heavy (non-hydrogen) atoms. The van der Waals surface area contributed by atoms with Crippen LogP contribution in [0, 0.1) is 5.92 Å². The van der Waals surface area contributed by atoms with E-state index in [1.54, 1.807) is 14.7 Å². The molecule has 0 saturated carbocycles. The number of ether oxygens (including phenoxy) is 1. The van der Waals surface area contributed by atoms with Gasteiger partial charge < -0.3 is 24.4 Å². The summed E-state index contributed by atoms with van der Waals surface area (Å²) in [6.45, 7) is 6.17. The smallest absolute Gasteiger partial charge is 0.264 e. The summed E-state index contributed by atoms with van der Waals surface area (Å²) in [6.07, 6.45) is -0.839. The Balaban J connectivity index is 1.22. The van der Waals surface area contributed by atoms with Gasteiger partial charge in [-0.2, -0.15) is 0 Å². The average molecular weight is 726 g/mol. The van der Waals surface area contributed by atoms with E-state index < -0.39 is 31.5 Å². The molecule has 10 heteroatoms. The number of hydrogen-bond donors (Lipinski definition) is 2. The summed E-state index contributed by atoms with van der Waals surface area (Å²) < 4.78 is 7.05. The van der Waals surface area contributed by atoms with Gasteiger partial charge >= 0.3 is 0 Å². The highest BCUT2D eigenvalue weighted by Crippen LogP contribution is 2.60. The van der Waals surface area contributed by atoms with Crippen LogP contribution in [0.1, 0.15) is 40.4 Å². The van der Waals surface area contributed by atoms with Gasteiger partial charge in [0.15, 0.2) is 13.9 Å². The molecule has 9 nitrogen and oxygen atoms in total. The molecule has 5 aromatic rings. The number of aliphatic hydroxyl groups excluding tert-OH is 1. The SMILES string of the molecule is C[C@H]1[C@H]([Si](C)(C)O)[C@@H](CC(=O)N(CCO)Cc2ccccc2)O[C@]12C(=O)N(Cc1ccccc1)c1ccc(N3C(=O)c4cccc5cccc3c45)cc12. The normalized spacial score (nSPS) is 21.9. The predicted molar refractivity (Wildman–Crippen MR) is 207 cm³/mol. The summed E-state index contributed by atoms with van der Waals surface area (Å²) >= 11 is 0. The Labute approximate surface area is 310 Å². The number of anilines is 3. The van der Waals surface area contributed by atoms with Crippen molar-refractivity contribution in [1.29, 1.82) is 0 Å². The fourth-order valence-electron chi connectivity index (χ4n) is 9.02. The van der Waals surface area contributed by atoms with Gasteiger partial charge in [-0.1, -0.05) is 91.9 Å². The summed E-state index contributed by atoms with van der Waals surface area (Å²) in [5.74, 6) is -1.14. The standard InChI is InChI=1S/C43H43N3O6Si/c1-28-40(53(2,3)51)37(25-38(48)44(22-23-47)26-29-12-6-4-7-13-29)52-43(28)34-24-32(20-21-35(34)45(42(43)50)27-30-14-8-5-9-15-30)46-36-19-11-17-31-16-10-18-33(39(31)36)41(46)49/h4-21,24,28,37,40,47,51H,22-23,25-27H2,1-3H3/t28-,37+,40-,43+/m0/s1. The van der Waals surface area contributed by atoms with E-state index in [0.29, 0.717) is 35.6 Å². The zero-order valence-corrected chi connectivity index (χ0v) is 31.1. The number of fused-ring (bicyclic) bond motifs is 2. The van der Waals surface area contributed by atoms with Crippen LogP contribution in [0.2, 0.25) is 18.6 Å². The highest BCUT2D eigenvalue weighted by Gasteiger charge is 2.66. The summed E-state index contributed by atoms with van der Waals surface area (Å²) in [5, 5.41) is 11.8. The van der Waals surface area contributed by atoms with Crippen molar-refractivity contribution < 1.29 is 29.0 Å². The Morgan fingerprint density at radius 1 is 0.868 bits per heavy atom. The summed E-state index contributed by atoms with van der Waals surface area (Å²) in [7, 11) is -3.09. The molecular weight excluding hydrogens is 683 g/mol. The van der Waals surface area contributed by atoms with Crippen LogP contribution in [-0.2, 0) is 33.0 Å². The van der Waals surface area contributed by atoms with Gasteiger partial charge in [0.05, 0.1) is 42.6 Å². The maximum atomic E-state index is 15.1. The van der Waals surface area contributed by atoms with Gasteiger partial charge in [0, 0.05) is 41.2 Å². The molecule has 5 aromatic carbocycles. The van der Waals surface area contributed by atoms with Crippen molar-refractivity contribution in [2.24, 2.45) is 5.92 Å². The molecule has 0 bridgehead atoms. The third-order valence-electron chi connectivity index (χ3n) is 11.3. The lowest BCUT2D eigenvalue weighted by Gasteiger charge is -2.33. The fraction of sp³-hybridized carbons (Fsp3) is 0.279. The molecule has 3 amide bonds. The van der Waals surface area contributed by atoms with Crippen LogP contribution in [0.25, 0.3) is 10.8 Å². The van der Waals surface area contributed by atoms with E-state index in [1.165, 1.54) is 0 Å². The number of hydrogen-bond acceptors (Lipinski definition) is 6. The lowest BCUT2D eigenvalue weighted by molar-refractivity contribution is -0.150. The van der Waals surface area contributed by atoms with Gasteiger partial charge in [0.25, 0.3) is 11.8 Å². The van der Waals surface area contributed by atoms with E-state index in [2.05, 4.69) is 0 Å². The largest absolute Gasteiger partial charge is 0.432 e. The third-order valence-corrected chi connectivity index (χ3v) is 13.8. The zero-order chi connectivity index (χ0) is 37.1. The summed E-state index contributed by atoms with van der Waals surface area (Å²) in [5.41, 5.74) is 3.16. The van der Waals surface area contributed by atoms with Crippen molar-refractivity contribution in [3.63, 3.8) is 0 Å². The van der Waals surface area contributed by atoms with Crippen molar-refractivity contribution in [2.45, 2.75) is 56.8 Å². The molecule has 0 aromatic heterocycles. The molecular formula is C43H43N3O6Si. The predicted octanol–water partition coefficient (Wildman–Crippen LogP) is 6.89. The number of amides is 3. The lowest BCUT2D eigenvalue weighted by atomic mass is 9.82. The molecule has 0 aliphatic carbocycles. The highest BCUT2D eigenvalue weighted by molar-refractivity contribution is 6.71. The molecule has 1 saturated heterocycles. The second-order valence-corrected chi connectivity index (χ2v) is 19.0. The van der Waals surface area contributed by atoms with E-state index in [0.717, 1.165) is 27.6 Å². The number of aliphatic hydroxyl groups is 1. The molecule has 2 N–H and O–H groups in total. The molecule has 4 atom stereocenters. The molecule has 3 aliphatic heterocycles. The number of carbonyl (C=O) groups excluding carboxylic acids is 3. The molecule has 3 aliphatic rings. The molecule has 0 unspecified atom stereocenters. The van der Waals surface area contributed by atoms with E-state index >= 15 is 4.79 Å². The van der Waals surface area contributed by atoms with Gasteiger partial charge in [-0.15, -0.1) is 0 Å². The van der Waals surface area contributed by atoms with Crippen molar-refractivity contribution in [3.05, 3.63) is 138 Å². The Hall–Kier alpha value is -5.13. The van der Waals surface area contributed by atoms with Crippen LogP contribution in [-0.4, -0.2) is 60.1 Å². The van der Waals surface area contributed by atoms with E-state index in [1.807, 2.05) is 135 Å². The van der Waals surface area contributed by atoms with Crippen LogP contribution in [0.4, 0.5) is 17.1 Å². The van der Waals surface area contributed by atoms with Gasteiger partial charge in [-0.3, -0.25) is 19.3 Å². The quantitative estimate of drug-likeness (QED) is 0.152. The Morgan fingerprint density at radius 2 is 1.55 bits per heavy atom. The molecule has 0 radical (unpaired) electrons. The van der Waals surface area contributed by atoms with Crippen molar-refractivity contribution in [2.75, 3.05) is 23.0 Å². The number of benzene rings is 5. The van der Waals surface area contributed by atoms with Crippen LogP contribution >= 0.6 is 0 Å². The Bertz CT molecular complexity index is 2220. The maximum absolute atomic E-state index is 15.1. The molecule has 1 fully saturated rings. The highest BCUT2D eigenvalue weighted by atomic mass is 28.4. The average Bonchev–Trinajstić information content (AvgIpc) is 3.70. The van der Waals surface area contributed by atoms with Crippen molar-refractivity contribution >= 4 is 53.9 Å². The number of nitrogens with zero attached hydrogens (tertiary/aromatic N) is 3. The van der Waals surface area contributed by atoms with Crippen LogP contribution in [0.5, 0.6) is 0 Å². The van der Waals surface area contributed by atoms with E-state index in [4.69, 9.17) is 4.74 Å². The van der Waals surface area contributed by atoms with Crippen LogP contribution in [0.3, 0.4) is 0 Å². The van der Waals surface area contributed by atoms with Gasteiger partial charge in [0.1, 0.15) is 0 Å². The lowest BCUT2D eigenvalue weighted by Crippen LogP contribution is -2.46. The third kappa shape index (κ3) is 5.77. The minimum atomic E-state index is -3.09. The van der Waals surface area contributed by atoms with Crippen LogP contribution < -0.4 is 9.80 Å². The first kappa shape index (κ1) is 34.9. The van der Waals surface area contributed by atoms with Crippen molar-refractivity contribution in [1.82, 2.24) is 4.90 Å². The summed E-state index contributed by atoms with van der Waals surface area (Å²) in [6, 6.07) is 36.6. The van der Waals surface area contributed by atoms with Gasteiger partial charge in [-0.25, -0.2) is 0 Å². The first-order valence-corrected chi connectivity index (χ1v) is 21.2. The minimum absolute atomic E-state index is 0.0660. The van der Waals surface area contributed by atoms with Gasteiger partial charge in [0.2, 0.25) is 5.91 Å². The monoisotopic (exact) mass is 725 g/mol. The summed E-state index contributed by atoms with van der Waals surface area (Å²) in [4.78, 5) is 60.2. The number of rotatable bonds is 10. The second-order valence-electron chi connectivity index (χ2n) is 15.0. The minimum Gasteiger partial charge on any atom is -0.432 e.